The fraction of sp³-hybridized carbons (Fsp3) is 0.302. The number of fused-ring (bicyclic) bond motifs is 3. The van der Waals surface area contributed by atoms with Gasteiger partial charge in [0.2, 0.25) is 11.6 Å². The number of carbonyl (C=O) groups excluding carboxylic acids is 4. The maximum Gasteiger partial charge on any atom is 0.433 e. The number of amides is 2. The SMILES string of the molecule is Cn1c2ccc(C(=O)/C(=N/OC(=O)NCc3ccccc3)C3CCCC3)cc2c2cc(C(=O)/C(=N/OC(=O)NCc3ccccc3)C3CCCC3)ccc21. The molecule has 0 spiro atoms. The van der Waals surface area contributed by atoms with Crippen molar-refractivity contribution in [3.05, 3.63) is 119 Å². The van der Waals surface area contributed by atoms with Crippen molar-refractivity contribution >= 4 is 57.0 Å². The van der Waals surface area contributed by atoms with E-state index in [0.29, 0.717) is 11.1 Å². The van der Waals surface area contributed by atoms with Gasteiger partial charge < -0.3 is 15.2 Å². The van der Waals surface area contributed by atoms with Crippen LogP contribution >= 0.6 is 0 Å². The fourth-order valence-corrected chi connectivity index (χ4v) is 7.58. The van der Waals surface area contributed by atoms with E-state index in [2.05, 4.69) is 20.9 Å². The van der Waals surface area contributed by atoms with Crippen LogP contribution in [0.15, 0.2) is 107 Å². The average Bonchev–Trinajstić information content (AvgIpc) is 4.00. The summed E-state index contributed by atoms with van der Waals surface area (Å²) in [6.45, 7) is 0.546. The number of hydrogen-bond acceptors (Lipinski definition) is 8. The van der Waals surface area contributed by atoms with E-state index in [1.165, 1.54) is 0 Å². The molecule has 2 fully saturated rings. The van der Waals surface area contributed by atoms with Crippen molar-refractivity contribution in [2.75, 3.05) is 0 Å². The quantitative estimate of drug-likeness (QED) is 0.0571. The van der Waals surface area contributed by atoms with Crippen LogP contribution in [0.2, 0.25) is 0 Å². The first-order valence-electron chi connectivity index (χ1n) is 18.6. The molecule has 2 amide bonds. The van der Waals surface area contributed by atoms with E-state index in [-0.39, 0.29) is 47.9 Å². The Balaban J connectivity index is 1.14. The van der Waals surface area contributed by atoms with E-state index in [1.54, 1.807) is 12.1 Å². The Kier molecular flexibility index (Phi) is 11.2. The molecule has 0 atom stereocenters. The third-order valence-electron chi connectivity index (χ3n) is 10.5. The van der Waals surface area contributed by atoms with Crippen LogP contribution in [0.25, 0.3) is 21.8 Å². The molecule has 5 aromatic rings. The molecule has 276 valence electrons. The molecule has 7 rings (SSSR count). The number of aromatic nitrogens is 1. The van der Waals surface area contributed by atoms with E-state index in [4.69, 9.17) is 9.68 Å². The van der Waals surface area contributed by atoms with Crippen LogP contribution in [0.1, 0.15) is 83.2 Å². The molecule has 0 radical (unpaired) electrons. The van der Waals surface area contributed by atoms with E-state index in [0.717, 1.165) is 84.3 Å². The number of nitrogens with zero attached hydrogens (tertiary/aromatic N) is 3. The summed E-state index contributed by atoms with van der Waals surface area (Å²) in [4.78, 5) is 63.9. The Morgan fingerprint density at radius 1 is 0.593 bits per heavy atom. The molecule has 2 aliphatic carbocycles. The lowest BCUT2D eigenvalue weighted by molar-refractivity contribution is 0.104. The van der Waals surface area contributed by atoms with Gasteiger partial charge in [-0.1, -0.05) is 96.7 Å². The lowest BCUT2D eigenvalue weighted by atomic mass is 9.93. The molecule has 1 aromatic heterocycles. The second-order valence-electron chi connectivity index (χ2n) is 14.0. The van der Waals surface area contributed by atoms with Crippen molar-refractivity contribution in [1.29, 1.82) is 0 Å². The summed E-state index contributed by atoms with van der Waals surface area (Å²) in [5.41, 5.74) is 4.86. The summed E-state index contributed by atoms with van der Waals surface area (Å²) in [5, 5.41) is 15.2. The molecule has 2 saturated carbocycles. The predicted molar refractivity (Wildman–Crippen MR) is 207 cm³/mol. The third-order valence-corrected chi connectivity index (χ3v) is 10.5. The molecular formula is C43H43N5O6. The first-order chi connectivity index (χ1) is 26.4. The van der Waals surface area contributed by atoms with Gasteiger partial charge in [-0.05, 0) is 73.2 Å². The number of rotatable bonds is 12. The van der Waals surface area contributed by atoms with E-state index >= 15 is 0 Å². The van der Waals surface area contributed by atoms with Gasteiger partial charge in [-0.15, -0.1) is 0 Å². The van der Waals surface area contributed by atoms with Gasteiger partial charge in [-0.2, -0.15) is 0 Å². The summed E-state index contributed by atoms with van der Waals surface area (Å²) < 4.78 is 2.02. The zero-order valence-electron chi connectivity index (χ0n) is 30.3. The number of oxime groups is 2. The number of aryl methyl sites for hydroxylation is 1. The van der Waals surface area contributed by atoms with Crippen LogP contribution in [0.3, 0.4) is 0 Å². The van der Waals surface area contributed by atoms with Crippen molar-refractivity contribution in [3.63, 3.8) is 0 Å². The first kappa shape index (κ1) is 36.3. The molecule has 11 nitrogen and oxygen atoms in total. The molecule has 0 saturated heterocycles. The zero-order chi connectivity index (χ0) is 37.4. The molecule has 11 heteroatoms. The Morgan fingerprint density at radius 3 is 1.37 bits per heavy atom. The summed E-state index contributed by atoms with van der Waals surface area (Å²) in [6, 6.07) is 29.9. The second kappa shape index (κ2) is 16.7. The standard InChI is InChI=1S/C43H43N5O6/c1-48-36-22-20-32(40(49)38(30-16-8-9-17-30)46-53-42(51)44-26-28-12-4-2-5-13-28)24-34(36)35-25-33(21-23-37(35)48)41(50)39(31-18-10-11-19-31)47-54-43(52)45-27-29-14-6-3-7-15-29/h2-7,12-15,20-25,30-31H,8-11,16-19,26-27H2,1H3,(H,44,51)(H,45,52)/b46-38+,47-39+. The highest BCUT2D eigenvalue weighted by atomic mass is 16.7. The van der Waals surface area contributed by atoms with Gasteiger partial charge in [0.15, 0.2) is 0 Å². The summed E-state index contributed by atoms with van der Waals surface area (Å²) in [5.74, 6) is -0.852. The Hall–Kier alpha value is -6.10. The molecule has 54 heavy (non-hydrogen) atoms. The number of ketones is 2. The van der Waals surface area contributed by atoms with Gasteiger partial charge >= 0.3 is 12.2 Å². The topological polar surface area (TPSA) is 140 Å². The normalized spacial score (nSPS) is 15.4. The Labute approximate surface area is 313 Å². The van der Waals surface area contributed by atoms with Crippen LogP contribution < -0.4 is 10.6 Å². The lowest BCUT2D eigenvalue weighted by Gasteiger charge is -2.12. The molecule has 0 aliphatic heterocycles. The Bertz CT molecular complexity index is 2080. The van der Waals surface area contributed by atoms with Gasteiger partial charge in [-0.25, -0.2) is 9.59 Å². The molecular weight excluding hydrogens is 683 g/mol. The second-order valence-corrected chi connectivity index (χ2v) is 14.0. The van der Waals surface area contributed by atoms with Gasteiger partial charge in [0.25, 0.3) is 0 Å². The maximum atomic E-state index is 14.1. The highest BCUT2D eigenvalue weighted by molar-refractivity contribution is 6.47. The molecule has 0 bridgehead atoms. The van der Waals surface area contributed by atoms with Crippen molar-refractivity contribution < 1.29 is 28.9 Å². The van der Waals surface area contributed by atoms with Gasteiger partial charge in [0, 0.05) is 64.9 Å². The lowest BCUT2D eigenvalue weighted by Crippen LogP contribution is -2.26. The highest BCUT2D eigenvalue weighted by Gasteiger charge is 2.30. The predicted octanol–water partition coefficient (Wildman–Crippen LogP) is 8.64. The highest BCUT2D eigenvalue weighted by Crippen LogP contribution is 2.33. The monoisotopic (exact) mass is 725 g/mol. The smallest absolute Gasteiger partial charge is 0.344 e. The number of Topliss-reactive ketones (excluding diaryl/α,β-unsaturated/α-hetero) is 2. The average molecular weight is 726 g/mol. The molecule has 1 heterocycles. The van der Waals surface area contributed by atoms with Crippen LogP contribution in [0.4, 0.5) is 9.59 Å². The van der Waals surface area contributed by atoms with Crippen LogP contribution in [-0.4, -0.2) is 39.7 Å². The van der Waals surface area contributed by atoms with E-state index < -0.39 is 12.2 Å². The van der Waals surface area contributed by atoms with Crippen molar-refractivity contribution in [2.45, 2.75) is 64.5 Å². The van der Waals surface area contributed by atoms with Gasteiger partial charge in [-0.3, -0.25) is 19.3 Å². The van der Waals surface area contributed by atoms with E-state index in [1.807, 2.05) is 96.5 Å². The number of benzene rings is 4. The van der Waals surface area contributed by atoms with Crippen LogP contribution in [-0.2, 0) is 29.8 Å². The number of carbonyl (C=O) groups is 4. The van der Waals surface area contributed by atoms with Gasteiger partial charge in [0.1, 0.15) is 11.4 Å². The van der Waals surface area contributed by atoms with Crippen molar-refractivity contribution in [2.24, 2.45) is 29.2 Å². The molecule has 4 aromatic carbocycles. The Morgan fingerprint density at radius 2 is 0.981 bits per heavy atom. The molecule has 2 aliphatic rings. The minimum absolute atomic E-state index is 0.122. The minimum atomic E-state index is -0.734. The molecule has 2 N–H and O–H groups in total. The van der Waals surface area contributed by atoms with E-state index in [9.17, 15) is 19.2 Å². The number of nitrogens with one attached hydrogen (secondary N) is 2. The number of hydrogen-bond donors (Lipinski definition) is 2. The molecule has 0 unspecified atom stereocenters. The fourth-order valence-electron chi connectivity index (χ4n) is 7.58. The first-order valence-corrected chi connectivity index (χ1v) is 18.6. The van der Waals surface area contributed by atoms with Gasteiger partial charge in [0.05, 0.1) is 0 Å². The third kappa shape index (κ3) is 8.25. The summed E-state index contributed by atoms with van der Waals surface area (Å²) in [6.07, 6.45) is 5.52. The van der Waals surface area contributed by atoms with Crippen LogP contribution in [0.5, 0.6) is 0 Å². The van der Waals surface area contributed by atoms with Crippen molar-refractivity contribution in [1.82, 2.24) is 15.2 Å². The summed E-state index contributed by atoms with van der Waals surface area (Å²) >= 11 is 0. The minimum Gasteiger partial charge on any atom is -0.344 e. The summed E-state index contributed by atoms with van der Waals surface area (Å²) in [7, 11) is 1.94. The van der Waals surface area contributed by atoms with Crippen molar-refractivity contribution in [3.8, 4) is 0 Å². The maximum absolute atomic E-state index is 14.1. The van der Waals surface area contributed by atoms with Crippen LogP contribution in [0, 0.1) is 11.8 Å². The zero-order valence-corrected chi connectivity index (χ0v) is 30.3. The largest absolute Gasteiger partial charge is 0.433 e.